The van der Waals surface area contributed by atoms with Gasteiger partial charge in [-0.25, -0.2) is 0 Å². The Kier molecular flexibility index (Phi) is 3.28. The standard InChI is InChI=1S/C12H16O2/c1-12(2,3)11(13)14-10-8-6-4-5-7-9-10/h4-8H,9H2,1-3H3. The lowest BCUT2D eigenvalue weighted by atomic mass is 9.97. The average Bonchev–Trinajstić information content (AvgIpc) is 2.31. The van der Waals surface area contributed by atoms with Crippen molar-refractivity contribution in [3.63, 3.8) is 0 Å². The molecule has 0 saturated heterocycles. The molecule has 76 valence electrons. The number of rotatable bonds is 1. The van der Waals surface area contributed by atoms with Crippen LogP contribution in [0.4, 0.5) is 0 Å². The lowest BCUT2D eigenvalue weighted by molar-refractivity contribution is -0.148. The normalized spacial score (nSPS) is 16.1. The van der Waals surface area contributed by atoms with E-state index >= 15 is 0 Å². The molecule has 0 unspecified atom stereocenters. The first-order chi connectivity index (χ1) is 6.50. The van der Waals surface area contributed by atoms with Crippen LogP contribution in [-0.4, -0.2) is 5.97 Å². The van der Waals surface area contributed by atoms with Crippen molar-refractivity contribution in [2.45, 2.75) is 27.2 Å². The Bertz CT molecular complexity index is 301. The summed E-state index contributed by atoms with van der Waals surface area (Å²) in [7, 11) is 0. The highest BCUT2D eigenvalue weighted by Crippen LogP contribution is 2.19. The van der Waals surface area contributed by atoms with E-state index < -0.39 is 5.41 Å². The van der Waals surface area contributed by atoms with E-state index in [2.05, 4.69) is 0 Å². The molecule has 0 aromatic heterocycles. The molecule has 0 amide bonds. The molecule has 0 radical (unpaired) electrons. The lowest BCUT2D eigenvalue weighted by Gasteiger charge is -2.17. The molecule has 0 atom stereocenters. The monoisotopic (exact) mass is 192 g/mol. The molecule has 0 bridgehead atoms. The number of carbonyl (C=O) groups is 1. The van der Waals surface area contributed by atoms with Crippen LogP contribution >= 0.6 is 0 Å². The van der Waals surface area contributed by atoms with Gasteiger partial charge in [0.15, 0.2) is 0 Å². The summed E-state index contributed by atoms with van der Waals surface area (Å²) < 4.78 is 5.26. The Labute approximate surface area is 85.0 Å². The van der Waals surface area contributed by atoms with Gasteiger partial charge in [-0.2, -0.15) is 0 Å². The number of esters is 1. The number of carbonyl (C=O) groups excluding carboxylic acids is 1. The fraction of sp³-hybridized carbons (Fsp3) is 0.417. The van der Waals surface area contributed by atoms with Crippen LogP contribution in [0.2, 0.25) is 0 Å². The summed E-state index contributed by atoms with van der Waals surface area (Å²) >= 11 is 0. The van der Waals surface area contributed by atoms with Gasteiger partial charge in [0.25, 0.3) is 0 Å². The minimum Gasteiger partial charge on any atom is -0.430 e. The molecular formula is C12H16O2. The van der Waals surface area contributed by atoms with E-state index in [0.717, 1.165) is 0 Å². The van der Waals surface area contributed by atoms with Crippen molar-refractivity contribution in [2.75, 3.05) is 0 Å². The van der Waals surface area contributed by atoms with Gasteiger partial charge in [-0.05, 0) is 26.8 Å². The smallest absolute Gasteiger partial charge is 0.316 e. The topological polar surface area (TPSA) is 26.3 Å². The number of hydrogen-bond acceptors (Lipinski definition) is 2. The van der Waals surface area contributed by atoms with E-state index in [1.165, 1.54) is 0 Å². The molecule has 0 spiro atoms. The van der Waals surface area contributed by atoms with Crippen LogP contribution in [0, 0.1) is 5.41 Å². The van der Waals surface area contributed by atoms with Crippen molar-refractivity contribution in [1.29, 1.82) is 0 Å². The van der Waals surface area contributed by atoms with Crippen LogP contribution in [0.15, 0.2) is 36.1 Å². The van der Waals surface area contributed by atoms with Crippen LogP contribution in [-0.2, 0) is 9.53 Å². The van der Waals surface area contributed by atoms with Crippen molar-refractivity contribution in [3.8, 4) is 0 Å². The summed E-state index contributed by atoms with van der Waals surface area (Å²) in [4.78, 5) is 11.5. The highest BCUT2D eigenvalue weighted by atomic mass is 16.5. The van der Waals surface area contributed by atoms with Crippen LogP contribution in [0.3, 0.4) is 0 Å². The van der Waals surface area contributed by atoms with Crippen molar-refractivity contribution >= 4 is 5.97 Å². The highest BCUT2D eigenvalue weighted by Gasteiger charge is 2.24. The first-order valence-corrected chi connectivity index (χ1v) is 4.75. The molecule has 0 heterocycles. The molecule has 1 aliphatic rings. The second kappa shape index (κ2) is 4.27. The third-order valence-electron chi connectivity index (χ3n) is 1.80. The van der Waals surface area contributed by atoms with Gasteiger partial charge in [-0.3, -0.25) is 4.79 Å². The van der Waals surface area contributed by atoms with Crippen LogP contribution < -0.4 is 0 Å². The summed E-state index contributed by atoms with van der Waals surface area (Å²) in [6, 6.07) is 0. The van der Waals surface area contributed by atoms with Crippen molar-refractivity contribution in [3.05, 3.63) is 36.1 Å². The predicted molar refractivity (Wildman–Crippen MR) is 56.5 cm³/mol. The lowest BCUT2D eigenvalue weighted by Crippen LogP contribution is -2.22. The zero-order valence-corrected chi connectivity index (χ0v) is 8.91. The number of hydrogen-bond donors (Lipinski definition) is 0. The quantitative estimate of drug-likeness (QED) is 0.597. The highest BCUT2D eigenvalue weighted by molar-refractivity contribution is 5.76. The Balaban J connectivity index is 2.61. The van der Waals surface area contributed by atoms with E-state index in [0.29, 0.717) is 12.2 Å². The molecule has 0 saturated carbocycles. The molecule has 2 nitrogen and oxygen atoms in total. The van der Waals surface area contributed by atoms with E-state index in [4.69, 9.17) is 4.74 Å². The summed E-state index contributed by atoms with van der Waals surface area (Å²) in [5.74, 6) is 0.516. The maximum atomic E-state index is 11.5. The fourth-order valence-electron chi connectivity index (χ4n) is 0.906. The summed E-state index contributed by atoms with van der Waals surface area (Å²) in [6.45, 7) is 5.54. The molecule has 1 aliphatic carbocycles. The Morgan fingerprint density at radius 1 is 1.29 bits per heavy atom. The van der Waals surface area contributed by atoms with Crippen molar-refractivity contribution in [1.82, 2.24) is 0 Å². The average molecular weight is 192 g/mol. The summed E-state index contributed by atoms with van der Waals surface area (Å²) in [5, 5.41) is 0. The summed E-state index contributed by atoms with van der Waals surface area (Å²) in [6.07, 6.45) is 10.2. The van der Waals surface area contributed by atoms with Gasteiger partial charge >= 0.3 is 5.97 Å². The molecule has 0 fully saturated rings. The Morgan fingerprint density at radius 2 is 2.00 bits per heavy atom. The van der Waals surface area contributed by atoms with Crippen LogP contribution in [0.5, 0.6) is 0 Å². The van der Waals surface area contributed by atoms with Gasteiger partial charge < -0.3 is 4.74 Å². The number of allylic oxidation sites excluding steroid dienone is 5. The first kappa shape index (κ1) is 10.8. The second-order valence-electron chi connectivity index (χ2n) is 4.29. The molecule has 0 N–H and O–H groups in total. The minimum atomic E-state index is -0.444. The van der Waals surface area contributed by atoms with E-state index in [9.17, 15) is 4.79 Å². The minimum absolute atomic E-state index is 0.188. The fourth-order valence-corrected chi connectivity index (χ4v) is 0.906. The zero-order chi connectivity index (χ0) is 10.6. The molecule has 1 rings (SSSR count). The van der Waals surface area contributed by atoms with E-state index in [-0.39, 0.29) is 5.97 Å². The van der Waals surface area contributed by atoms with E-state index in [1.807, 2.05) is 51.2 Å². The van der Waals surface area contributed by atoms with Crippen molar-refractivity contribution in [2.24, 2.45) is 5.41 Å². The molecule has 0 aliphatic heterocycles. The summed E-state index contributed by atoms with van der Waals surface area (Å²) in [5.41, 5.74) is -0.444. The Hall–Kier alpha value is -1.31. The van der Waals surface area contributed by atoms with Gasteiger partial charge in [0.1, 0.15) is 5.76 Å². The van der Waals surface area contributed by atoms with Gasteiger partial charge in [0.05, 0.1) is 5.41 Å². The molecule has 14 heavy (non-hydrogen) atoms. The van der Waals surface area contributed by atoms with Crippen molar-refractivity contribution < 1.29 is 9.53 Å². The third kappa shape index (κ3) is 3.21. The molecule has 0 aromatic carbocycles. The van der Waals surface area contributed by atoms with Gasteiger partial charge in [-0.15, -0.1) is 0 Å². The van der Waals surface area contributed by atoms with Gasteiger partial charge in [-0.1, -0.05) is 24.3 Å². The largest absolute Gasteiger partial charge is 0.430 e. The van der Waals surface area contributed by atoms with E-state index in [1.54, 1.807) is 0 Å². The molecule has 0 aromatic rings. The van der Waals surface area contributed by atoms with Crippen LogP contribution in [0.1, 0.15) is 27.2 Å². The maximum absolute atomic E-state index is 11.5. The van der Waals surface area contributed by atoms with Crippen LogP contribution in [0.25, 0.3) is 0 Å². The SMILES string of the molecule is CC(C)(C)C(=O)OC1=CC=CC=CC1. The Morgan fingerprint density at radius 3 is 2.64 bits per heavy atom. The molecule has 2 heteroatoms. The third-order valence-corrected chi connectivity index (χ3v) is 1.80. The predicted octanol–water partition coefficient (Wildman–Crippen LogP) is 2.98. The van der Waals surface area contributed by atoms with Gasteiger partial charge in [0.2, 0.25) is 0 Å². The van der Waals surface area contributed by atoms with Gasteiger partial charge in [0, 0.05) is 6.42 Å². The first-order valence-electron chi connectivity index (χ1n) is 4.75. The zero-order valence-electron chi connectivity index (χ0n) is 8.91. The maximum Gasteiger partial charge on any atom is 0.316 e. The second-order valence-corrected chi connectivity index (χ2v) is 4.29. The molecular weight excluding hydrogens is 176 g/mol. The number of ether oxygens (including phenoxy) is 1.